The minimum absolute atomic E-state index is 0.129. The van der Waals surface area contributed by atoms with Crippen molar-refractivity contribution in [3.63, 3.8) is 0 Å². The number of carbonyl (C=O) groups is 1. The SMILES string of the molecule is COc1cc(CNc2ccc(N3CCOCC3)c(Cl)c2)c(Cl)cc1OCC(=O)NC(C)(C)C. The highest BCUT2D eigenvalue weighted by Crippen LogP contribution is 2.34. The van der Waals surface area contributed by atoms with Crippen molar-refractivity contribution in [3.05, 3.63) is 45.9 Å². The maximum atomic E-state index is 12.1. The fourth-order valence-corrected chi connectivity index (χ4v) is 3.98. The number of hydrogen-bond donors (Lipinski definition) is 2. The summed E-state index contributed by atoms with van der Waals surface area (Å²) in [6.45, 7) is 9.13. The number of hydrogen-bond acceptors (Lipinski definition) is 6. The van der Waals surface area contributed by atoms with E-state index in [9.17, 15) is 4.79 Å². The fraction of sp³-hybridized carbons (Fsp3) is 0.458. The zero-order chi connectivity index (χ0) is 24.0. The second-order valence-corrected chi connectivity index (χ2v) is 9.61. The average molecular weight is 496 g/mol. The molecule has 2 aromatic carbocycles. The number of halogens is 2. The zero-order valence-corrected chi connectivity index (χ0v) is 21.0. The highest BCUT2D eigenvalue weighted by atomic mass is 35.5. The number of nitrogens with one attached hydrogen (secondary N) is 2. The predicted octanol–water partition coefficient (Wildman–Crippen LogP) is 4.74. The number of rotatable bonds is 8. The van der Waals surface area contributed by atoms with Crippen LogP contribution in [0.4, 0.5) is 11.4 Å². The normalized spacial score (nSPS) is 14.1. The number of morpholine rings is 1. The summed E-state index contributed by atoms with van der Waals surface area (Å²) in [5.41, 5.74) is 2.38. The van der Waals surface area contributed by atoms with E-state index < -0.39 is 0 Å². The highest BCUT2D eigenvalue weighted by molar-refractivity contribution is 6.33. The van der Waals surface area contributed by atoms with E-state index in [1.54, 1.807) is 19.2 Å². The molecule has 0 aliphatic carbocycles. The summed E-state index contributed by atoms with van der Waals surface area (Å²) in [5.74, 6) is 0.692. The van der Waals surface area contributed by atoms with Gasteiger partial charge in [-0.2, -0.15) is 0 Å². The van der Waals surface area contributed by atoms with Crippen molar-refractivity contribution in [2.24, 2.45) is 0 Å². The number of benzene rings is 2. The van der Waals surface area contributed by atoms with E-state index in [2.05, 4.69) is 15.5 Å². The van der Waals surface area contributed by atoms with E-state index in [-0.39, 0.29) is 18.1 Å². The van der Waals surface area contributed by atoms with Gasteiger partial charge >= 0.3 is 0 Å². The van der Waals surface area contributed by atoms with Crippen LogP contribution in [0.25, 0.3) is 0 Å². The lowest BCUT2D eigenvalue weighted by Crippen LogP contribution is -2.43. The molecule has 1 aliphatic rings. The molecule has 180 valence electrons. The fourth-order valence-electron chi connectivity index (χ4n) is 3.46. The number of methoxy groups -OCH3 is 1. The van der Waals surface area contributed by atoms with Crippen LogP contribution in [0.1, 0.15) is 26.3 Å². The van der Waals surface area contributed by atoms with E-state index in [1.165, 1.54) is 0 Å². The van der Waals surface area contributed by atoms with Crippen LogP contribution in [0.5, 0.6) is 11.5 Å². The molecule has 1 fully saturated rings. The van der Waals surface area contributed by atoms with Crippen LogP contribution in [0.15, 0.2) is 30.3 Å². The van der Waals surface area contributed by atoms with Gasteiger partial charge in [0, 0.05) is 41.9 Å². The Balaban J connectivity index is 1.64. The molecule has 1 aliphatic heterocycles. The van der Waals surface area contributed by atoms with Gasteiger partial charge in [-0.05, 0) is 50.6 Å². The minimum Gasteiger partial charge on any atom is -0.493 e. The summed E-state index contributed by atoms with van der Waals surface area (Å²) in [5, 5.41) is 7.39. The van der Waals surface area contributed by atoms with Crippen LogP contribution in [0.2, 0.25) is 10.0 Å². The maximum absolute atomic E-state index is 12.1. The molecule has 0 atom stereocenters. The van der Waals surface area contributed by atoms with E-state index >= 15 is 0 Å². The number of carbonyl (C=O) groups excluding carboxylic acids is 1. The van der Waals surface area contributed by atoms with Gasteiger partial charge in [-0.25, -0.2) is 0 Å². The zero-order valence-electron chi connectivity index (χ0n) is 19.5. The molecule has 2 N–H and O–H groups in total. The van der Waals surface area contributed by atoms with Gasteiger partial charge in [0.1, 0.15) is 0 Å². The van der Waals surface area contributed by atoms with Crippen molar-refractivity contribution < 1.29 is 19.0 Å². The molecule has 0 unspecified atom stereocenters. The van der Waals surface area contributed by atoms with Crippen molar-refractivity contribution in [2.75, 3.05) is 50.2 Å². The van der Waals surface area contributed by atoms with Crippen molar-refractivity contribution in [2.45, 2.75) is 32.9 Å². The average Bonchev–Trinajstić information content (AvgIpc) is 2.76. The molecule has 1 saturated heterocycles. The number of anilines is 2. The summed E-state index contributed by atoms with van der Waals surface area (Å²) < 4.78 is 16.5. The first kappa shape index (κ1) is 25.3. The summed E-state index contributed by atoms with van der Waals surface area (Å²) in [4.78, 5) is 14.3. The second-order valence-electron chi connectivity index (χ2n) is 8.80. The Kier molecular flexibility index (Phi) is 8.57. The summed E-state index contributed by atoms with van der Waals surface area (Å²) in [7, 11) is 1.55. The van der Waals surface area contributed by atoms with Gasteiger partial charge in [-0.1, -0.05) is 23.2 Å². The third-order valence-corrected chi connectivity index (χ3v) is 5.64. The molecular formula is C24H31Cl2N3O4. The van der Waals surface area contributed by atoms with E-state index in [0.29, 0.717) is 41.3 Å². The van der Waals surface area contributed by atoms with E-state index in [4.69, 9.17) is 37.4 Å². The first-order valence-electron chi connectivity index (χ1n) is 10.8. The molecule has 0 saturated carbocycles. The first-order valence-corrected chi connectivity index (χ1v) is 11.6. The van der Waals surface area contributed by atoms with Gasteiger partial charge in [-0.3, -0.25) is 4.79 Å². The third kappa shape index (κ3) is 7.32. The Labute approximate surface area is 205 Å². The Bertz CT molecular complexity index is 973. The maximum Gasteiger partial charge on any atom is 0.258 e. The molecule has 7 nitrogen and oxygen atoms in total. The van der Waals surface area contributed by atoms with Crippen LogP contribution >= 0.6 is 23.2 Å². The quantitative estimate of drug-likeness (QED) is 0.550. The molecule has 0 bridgehead atoms. The molecule has 0 aromatic heterocycles. The van der Waals surface area contributed by atoms with Crippen LogP contribution in [-0.2, 0) is 16.1 Å². The number of nitrogens with zero attached hydrogens (tertiary/aromatic N) is 1. The number of ether oxygens (including phenoxy) is 3. The van der Waals surface area contributed by atoms with Crippen LogP contribution in [-0.4, -0.2) is 51.5 Å². The Morgan fingerprint density at radius 1 is 1.09 bits per heavy atom. The second kappa shape index (κ2) is 11.2. The van der Waals surface area contributed by atoms with Crippen LogP contribution in [0.3, 0.4) is 0 Å². The smallest absolute Gasteiger partial charge is 0.258 e. The molecular weight excluding hydrogens is 465 g/mol. The van der Waals surface area contributed by atoms with Crippen molar-refractivity contribution in [1.29, 1.82) is 0 Å². The van der Waals surface area contributed by atoms with Gasteiger partial charge in [0.15, 0.2) is 18.1 Å². The Morgan fingerprint density at radius 2 is 1.82 bits per heavy atom. The van der Waals surface area contributed by atoms with Gasteiger partial charge < -0.3 is 29.7 Å². The molecule has 2 aromatic rings. The topological polar surface area (TPSA) is 72.1 Å². The van der Waals surface area contributed by atoms with Crippen molar-refractivity contribution >= 4 is 40.5 Å². The molecule has 0 radical (unpaired) electrons. The minimum atomic E-state index is -0.332. The molecule has 0 spiro atoms. The van der Waals surface area contributed by atoms with Crippen LogP contribution in [0, 0.1) is 0 Å². The monoisotopic (exact) mass is 495 g/mol. The lowest BCUT2D eigenvalue weighted by atomic mass is 10.1. The molecule has 1 heterocycles. The number of amides is 1. The van der Waals surface area contributed by atoms with Crippen LogP contribution < -0.4 is 25.0 Å². The lowest BCUT2D eigenvalue weighted by molar-refractivity contribution is -0.124. The molecule has 33 heavy (non-hydrogen) atoms. The Morgan fingerprint density at radius 3 is 2.45 bits per heavy atom. The van der Waals surface area contributed by atoms with Crippen molar-refractivity contribution in [1.82, 2.24) is 5.32 Å². The third-order valence-electron chi connectivity index (χ3n) is 4.99. The predicted molar refractivity (Wildman–Crippen MR) is 133 cm³/mol. The largest absolute Gasteiger partial charge is 0.493 e. The van der Waals surface area contributed by atoms with E-state index in [0.717, 1.165) is 30.0 Å². The van der Waals surface area contributed by atoms with Gasteiger partial charge in [0.2, 0.25) is 0 Å². The van der Waals surface area contributed by atoms with Gasteiger partial charge in [0.05, 0.1) is 31.0 Å². The van der Waals surface area contributed by atoms with Gasteiger partial charge in [0.25, 0.3) is 5.91 Å². The highest BCUT2D eigenvalue weighted by Gasteiger charge is 2.17. The Hall–Kier alpha value is -2.35. The molecule has 9 heteroatoms. The summed E-state index contributed by atoms with van der Waals surface area (Å²) in [6.07, 6.45) is 0. The van der Waals surface area contributed by atoms with E-state index in [1.807, 2.05) is 39.0 Å². The molecule has 1 amide bonds. The van der Waals surface area contributed by atoms with Crippen molar-refractivity contribution in [3.8, 4) is 11.5 Å². The van der Waals surface area contributed by atoms with Gasteiger partial charge in [-0.15, -0.1) is 0 Å². The first-order chi connectivity index (χ1) is 15.7. The summed E-state index contributed by atoms with van der Waals surface area (Å²) in [6, 6.07) is 9.37. The lowest BCUT2D eigenvalue weighted by Gasteiger charge is -2.29. The molecule has 3 rings (SSSR count). The summed E-state index contributed by atoms with van der Waals surface area (Å²) >= 11 is 13.0. The standard InChI is InChI=1S/C24H31Cl2N3O4/c1-24(2,3)28-23(30)15-33-22-13-18(25)16(11-21(22)31-4)14-27-17-5-6-20(19(26)12-17)29-7-9-32-10-8-29/h5-6,11-13,27H,7-10,14-15H2,1-4H3,(H,28,30).